The molecule has 0 spiro atoms. The molecular weight excluding hydrogens is 308 g/mol. The minimum Gasteiger partial charge on any atom is -0.497 e. The third-order valence-electron chi connectivity index (χ3n) is 4.36. The lowest BCUT2D eigenvalue weighted by atomic mass is 10.1. The molecule has 0 bridgehead atoms. The van der Waals surface area contributed by atoms with Crippen molar-refractivity contribution in [2.45, 2.75) is 33.7 Å². The standard InChI is InChI=1S/C19H22N2O.ClH/c1-5-12-21-14(3)13(2)17-10-11-20-18(19(17)21)15-6-8-16(22-4)9-7-15;/h6-11H,5,12H2,1-4H3;1H. The highest BCUT2D eigenvalue weighted by atomic mass is 35.5. The van der Waals surface area contributed by atoms with Crippen molar-refractivity contribution in [3.05, 3.63) is 47.8 Å². The Morgan fingerprint density at radius 2 is 1.78 bits per heavy atom. The van der Waals surface area contributed by atoms with Crippen molar-refractivity contribution >= 4 is 23.3 Å². The summed E-state index contributed by atoms with van der Waals surface area (Å²) in [7, 11) is 1.69. The van der Waals surface area contributed by atoms with Crippen LogP contribution < -0.4 is 4.74 Å². The molecule has 4 heteroatoms. The molecule has 122 valence electrons. The zero-order valence-corrected chi connectivity index (χ0v) is 14.9. The zero-order valence-electron chi connectivity index (χ0n) is 14.1. The predicted octanol–water partition coefficient (Wildman–Crippen LogP) is 5.16. The SMILES string of the molecule is CCCn1c(C)c(C)c2ccnc(-c3ccc(OC)cc3)c21.Cl. The largest absolute Gasteiger partial charge is 0.497 e. The van der Waals surface area contributed by atoms with Crippen molar-refractivity contribution in [3.8, 4) is 17.0 Å². The van der Waals surface area contributed by atoms with Crippen LogP contribution in [-0.2, 0) is 6.54 Å². The molecule has 0 fully saturated rings. The van der Waals surface area contributed by atoms with Gasteiger partial charge < -0.3 is 9.30 Å². The minimum atomic E-state index is 0. The van der Waals surface area contributed by atoms with E-state index in [0.29, 0.717) is 0 Å². The van der Waals surface area contributed by atoms with Gasteiger partial charge in [-0.2, -0.15) is 0 Å². The average molecular weight is 331 g/mol. The van der Waals surface area contributed by atoms with E-state index in [4.69, 9.17) is 4.74 Å². The van der Waals surface area contributed by atoms with Crippen molar-refractivity contribution in [2.24, 2.45) is 0 Å². The predicted molar refractivity (Wildman–Crippen MR) is 98.7 cm³/mol. The topological polar surface area (TPSA) is 27.1 Å². The molecule has 2 aromatic heterocycles. The fourth-order valence-electron chi connectivity index (χ4n) is 3.06. The summed E-state index contributed by atoms with van der Waals surface area (Å²) in [4.78, 5) is 4.67. The first-order valence-electron chi connectivity index (χ1n) is 7.76. The molecule has 0 atom stereocenters. The molecule has 3 aromatic rings. The summed E-state index contributed by atoms with van der Waals surface area (Å²) < 4.78 is 7.65. The first-order valence-corrected chi connectivity index (χ1v) is 7.76. The van der Waals surface area contributed by atoms with Crippen LogP contribution in [0.25, 0.3) is 22.2 Å². The van der Waals surface area contributed by atoms with E-state index in [2.05, 4.69) is 48.5 Å². The highest BCUT2D eigenvalue weighted by molar-refractivity contribution is 5.95. The molecule has 0 unspecified atom stereocenters. The monoisotopic (exact) mass is 330 g/mol. The number of ether oxygens (including phenoxy) is 1. The molecule has 23 heavy (non-hydrogen) atoms. The maximum Gasteiger partial charge on any atom is 0.118 e. The molecule has 0 aliphatic rings. The van der Waals surface area contributed by atoms with Crippen molar-refractivity contribution in [3.63, 3.8) is 0 Å². The number of aryl methyl sites for hydroxylation is 2. The molecule has 0 radical (unpaired) electrons. The Hall–Kier alpha value is -2.00. The third-order valence-corrected chi connectivity index (χ3v) is 4.36. The van der Waals surface area contributed by atoms with Gasteiger partial charge in [-0.3, -0.25) is 4.98 Å². The van der Waals surface area contributed by atoms with Crippen molar-refractivity contribution in [2.75, 3.05) is 7.11 Å². The van der Waals surface area contributed by atoms with Crippen molar-refractivity contribution in [1.29, 1.82) is 0 Å². The number of pyridine rings is 1. The van der Waals surface area contributed by atoms with Crippen LogP contribution in [0.15, 0.2) is 36.5 Å². The van der Waals surface area contributed by atoms with Crippen LogP contribution in [0.3, 0.4) is 0 Å². The van der Waals surface area contributed by atoms with Gasteiger partial charge in [0.25, 0.3) is 0 Å². The molecule has 0 saturated carbocycles. The normalized spacial score (nSPS) is 10.6. The Balaban J connectivity index is 0.00000192. The number of nitrogens with zero attached hydrogens (tertiary/aromatic N) is 2. The van der Waals surface area contributed by atoms with E-state index < -0.39 is 0 Å². The highest BCUT2D eigenvalue weighted by Gasteiger charge is 2.15. The minimum absolute atomic E-state index is 0. The first-order chi connectivity index (χ1) is 10.7. The van der Waals surface area contributed by atoms with Crippen molar-refractivity contribution < 1.29 is 4.74 Å². The van der Waals surface area contributed by atoms with Gasteiger partial charge in [-0.1, -0.05) is 6.92 Å². The van der Waals surface area contributed by atoms with Gasteiger partial charge in [0.05, 0.1) is 18.3 Å². The van der Waals surface area contributed by atoms with E-state index in [1.54, 1.807) is 7.11 Å². The Bertz CT molecular complexity index is 806. The third kappa shape index (κ3) is 2.93. The van der Waals surface area contributed by atoms with Crippen LogP contribution in [0, 0.1) is 13.8 Å². The van der Waals surface area contributed by atoms with Crippen LogP contribution in [0.2, 0.25) is 0 Å². The smallest absolute Gasteiger partial charge is 0.118 e. The van der Waals surface area contributed by atoms with Crippen LogP contribution in [-0.4, -0.2) is 16.7 Å². The number of fused-ring (bicyclic) bond motifs is 1. The molecule has 0 aliphatic heterocycles. The van der Waals surface area contributed by atoms with E-state index in [1.807, 2.05) is 18.3 Å². The number of hydrogen-bond donors (Lipinski definition) is 0. The van der Waals surface area contributed by atoms with Gasteiger partial charge in [0.15, 0.2) is 0 Å². The summed E-state index contributed by atoms with van der Waals surface area (Å²) in [5.41, 5.74) is 6.09. The van der Waals surface area contributed by atoms with Crippen LogP contribution in [0.5, 0.6) is 5.75 Å². The molecule has 2 heterocycles. The summed E-state index contributed by atoms with van der Waals surface area (Å²) in [6.45, 7) is 7.62. The lowest BCUT2D eigenvalue weighted by Gasteiger charge is -2.10. The quantitative estimate of drug-likeness (QED) is 0.660. The molecule has 0 amide bonds. The molecule has 3 rings (SSSR count). The van der Waals surface area contributed by atoms with Gasteiger partial charge >= 0.3 is 0 Å². The van der Waals surface area contributed by atoms with Gasteiger partial charge in [0.2, 0.25) is 0 Å². The maximum atomic E-state index is 5.25. The lowest BCUT2D eigenvalue weighted by molar-refractivity contribution is 0.415. The average Bonchev–Trinajstić information content (AvgIpc) is 2.80. The fourth-order valence-corrected chi connectivity index (χ4v) is 3.06. The summed E-state index contributed by atoms with van der Waals surface area (Å²) in [5.74, 6) is 0.868. The molecule has 3 nitrogen and oxygen atoms in total. The van der Waals surface area contributed by atoms with E-state index in [9.17, 15) is 0 Å². The second-order valence-electron chi connectivity index (χ2n) is 5.65. The second-order valence-corrected chi connectivity index (χ2v) is 5.65. The molecular formula is C19H23ClN2O. The number of aromatic nitrogens is 2. The highest BCUT2D eigenvalue weighted by Crippen LogP contribution is 2.33. The Labute approximate surface area is 143 Å². The fraction of sp³-hybridized carbons (Fsp3) is 0.316. The van der Waals surface area contributed by atoms with Gasteiger partial charge in [0.1, 0.15) is 5.75 Å². The molecule has 0 aliphatic carbocycles. The Morgan fingerprint density at radius 3 is 2.39 bits per heavy atom. The number of benzene rings is 1. The number of halogens is 1. The van der Waals surface area contributed by atoms with E-state index in [-0.39, 0.29) is 12.4 Å². The van der Waals surface area contributed by atoms with E-state index >= 15 is 0 Å². The van der Waals surface area contributed by atoms with Crippen LogP contribution in [0.1, 0.15) is 24.6 Å². The summed E-state index contributed by atoms with van der Waals surface area (Å²) >= 11 is 0. The van der Waals surface area contributed by atoms with E-state index in [0.717, 1.165) is 30.0 Å². The van der Waals surface area contributed by atoms with Gasteiger partial charge in [-0.25, -0.2) is 0 Å². The Morgan fingerprint density at radius 1 is 1.09 bits per heavy atom. The van der Waals surface area contributed by atoms with Crippen LogP contribution >= 0.6 is 12.4 Å². The molecule has 1 aromatic carbocycles. The first kappa shape index (κ1) is 17.4. The maximum absolute atomic E-state index is 5.25. The summed E-state index contributed by atoms with van der Waals surface area (Å²) in [6, 6.07) is 10.3. The lowest BCUT2D eigenvalue weighted by Crippen LogP contribution is -2.01. The number of rotatable bonds is 4. The molecule has 0 saturated heterocycles. The number of hydrogen-bond acceptors (Lipinski definition) is 2. The second kappa shape index (κ2) is 7.05. The summed E-state index contributed by atoms with van der Waals surface area (Å²) in [5, 5.41) is 1.30. The summed E-state index contributed by atoms with van der Waals surface area (Å²) in [6.07, 6.45) is 3.02. The molecule has 0 N–H and O–H groups in total. The van der Waals surface area contributed by atoms with Gasteiger partial charge in [-0.05, 0) is 56.2 Å². The zero-order chi connectivity index (χ0) is 15.7. The Kier molecular flexibility index (Phi) is 5.32. The van der Waals surface area contributed by atoms with Crippen molar-refractivity contribution in [1.82, 2.24) is 9.55 Å². The van der Waals surface area contributed by atoms with Crippen LogP contribution in [0.4, 0.5) is 0 Å². The van der Waals surface area contributed by atoms with Gasteiger partial charge in [-0.15, -0.1) is 12.4 Å². The van der Waals surface area contributed by atoms with Gasteiger partial charge in [0, 0.05) is 29.4 Å². The van der Waals surface area contributed by atoms with E-state index in [1.165, 1.54) is 22.2 Å². The number of methoxy groups -OCH3 is 1.